The van der Waals surface area contributed by atoms with Crippen molar-refractivity contribution in [1.82, 2.24) is 5.01 Å². The van der Waals surface area contributed by atoms with Gasteiger partial charge in [0.2, 0.25) is 5.91 Å². The normalized spacial score (nSPS) is 16.8. The van der Waals surface area contributed by atoms with Crippen molar-refractivity contribution in [1.29, 1.82) is 0 Å². The molecule has 1 heterocycles. The fourth-order valence-electron chi connectivity index (χ4n) is 3.21. The van der Waals surface area contributed by atoms with E-state index < -0.39 is 0 Å². The number of hydrogen-bond acceptors (Lipinski definition) is 4. The van der Waals surface area contributed by atoms with E-state index in [1.165, 1.54) is 0 Å². The summed E-state index contributed by atoms with van der Waals surface area (Å²) in [6.07, 6.45) is 0. The number of hydrazine groups is 1. The molecule has 124 valence electrons. The zero-order valence-corrected chi connectivity index (χ0v) is 14.2. The quantitative estimate of drug-likeness (QED) is 0.625. The number of fused-ring (bicyclic) bond motifs is 2. The summed E-state index contributed by atoms with van der Waals surface area (Å²) in [7, 11) is 1.78. The standard InChI is InChI=1S/C19H22N4O/c1-12-8-9-15-14(10-12)11-23(13(2)24)17-7-5-4-6-16(17)18(20)19(15)22(3)21/h4-10H,11,20-21H2,1-3H3/b19-18-. The van der Waals surface area contributed by atoms with Crippen LogP contribution in [-0.4, -0.2) is 18.0 Å². The first-order valence-electron chi connectivity index (χ1n) is 7.85. The summed E-state index contributed by atoms with van der Waals surface area (Å²) in [6, 6.07) is 13.8. The molecule has 1 amide bonds. The molecule has 24 heavy (non-hydrogen) atoms. The molecular weight excluding hydrogens is 300 g/mol. The second kappa shape index (κ2) is 6.02. The molecule has 5 heteroatoms. The highest BCUT2D eigenvalue weighted by Gasteiger charge is 2.25. The molecule has 0 spiro atoms. The van der Waals surface area contributed by atoms with Gasteiger partial charge in [0, 0.05) is 25.1 Å². The highest BCUT2D eigenvalue weighted by atomic mass is 16.2. The lowest BCUT2D eigenvalue weighted by molar-refractivity contribution is -0.116. The Morgan fingerprint density at radius 1 is 1.17 bits per heavy atom. The lowest BCUT2D eigenvalue weighted by atomic mass is 9.94. The molecule has 2 aromatic carbocycles. The molecule has 4 N–H and O–H groups in total. The molecule has 1 aliphatic rings. The maximum Gasteiger partial charge on any atom is 0.224 e. The van der Waals surface area contributed by atoms with Gasteiger partial charge in [-0.3, -0.25) is 4.79 Å². The van der Waals surface area contributed by atoms with E-state index in [4.69, 9.17) is 11.6 Å². The summed E-state index contributed by atoms with van der Waals surface area (Å²) in [5, 5.41) is 1.55. The highest BCUT2D eigenvalue weighted by molar-refractivity contribution is 6.00. The van der Waals surface area contributed by atoms with Crippen molar-refractivity contribution < 1.29 is 4.79 Å². The Balaban J connectivity index is 2.38. The van der Waals surface area contributed by atoms with Gasteiger partial charge in [-0.15, -0.1) is 0 Å². The number of nitrogens with zero attached hydrogens (tertiary/aromatic N) is 2. The van der Waals surface area contributed by atoms with Crippen LogP contribution in [0, 0.1) is 6.92 Å². The van der Waals surface area contributed by atoms with E-state index in [1.807, 2.05) is 43.3 Å². The summed E-state index contributed by atoms with van der Waals surface area (Å²) in [4.78, 5) is 14.0. The van der Waals surface area contributed by atoms with Gasteiger partial charge in [-0.1, -0.05) is 42.0 Å². The number of nitrogens with two attached hydrogens (primary N) is 2. The van der Waals surface area contributed by atoms with Gasteiger partial charge in [0.1, 0.15) is 0 Å². The van der Waals surface area contributed by atoms with Gasteiger partial charge in [-0.05, 0) is 18.6 Å². The van der Waals surface area contributed by atoms with Crippen molar-refractivity contribution in [2.75, 3.05) is 11.9 Å². The van der Waals surface area contributed by atoms with Crippen LogP contribution >= 0.6 is 0 Å². The molecule has 0 radical (unpaired) electrons. The van der Waals surface area contributed by atoms with Gasteiger partial charge in [0.15, 0.2) is 0 Å². The average Bonchev–Trinajstić information content (AvgIpc) is 2.52. The second-order valence-electron chi connectivity index (χ2n) is 6.16. The number of aryl methyl sites for hydroxylation is 1. The van der Waals surface area contributed by atoms with E-state index in [0.29, 0.717) is 12.2 Å². The van der Waals surface area contributed by atoms with E-state index in [2.05, 4.69) is 6.07 Å². The van der Waals surface area contributed by atoms with E-state index in [0.717, 1.165) is 33.6 Å². The lowest BCUT2D eigenvalue weighted by Gasteiger charge is -2.31. The molecular formula is C19H22N4O. The van der Waals surface area contributed by atoms with Crippen LogP contribution in [-0.2, 0) is 11.3 Å². The molecule has 0 atom stereocenters. The van der Waals surface area contributed by atoms with Crippen LogP contribution < -0.4 is 16.5 Å². The van der Waals surface area contributed by atoms with Gasteiger partial charge in [-0.25, -0.2) is 5.84 Å². The SMILES string of the molecule is CC(=O)N1Cc2cc(C)ccc2/C(N(C)N)=C(/N)c2ccccc21. The number of para-hydroxylation sites is 1. The van der Waals surface area contributed by atoms with Gasteiger partial charge in [0.25, 0.3) is 0 Å². The van der Waals surface area contributed by atoms with Crippen molar-refractivity contribution in [3.05, 3.63) is 64.7 Å². The van der Waals surface area contributed by atoms with E-state index in [9.17, 15) is 4.79 Å². The van der Waals surface area contributed by atoms with Crippen LogP contribution in [0.5, 0.6) is 0 Å². The first-order chi connectivity index (χ1) is 11.4. The molecule has 0 bridgehead atoms. The third-order valence-corrected chi connectivity index (χ3v) is 4.32. The number of carbonyl (C=O) groups excluding carboxylic acids is 1. The van der Waals surface area contributed by atoms with E-state index >= 15 is 0 Å². The Labute approximate surface area is 142 Å². The number of rotatable bonds is 1. The minimum atomic E-state index is -0.0211. The molecule has 0 saturated carbocycles. The molecule has 5 nitrogen and oxygen atoms in total. The Morgan fingerprint density at radius 3 is 2.54 bits per heavy atom. The van der Waals surface area contributed by atoms with E-state index in [1.54, 1.807) is 23.9 Å². The summed E-state index contributed by atoms with van der Waals surface area (Å²) in [6.45, 7) is 4.09. The van der Waals surface area contributed by atoms with Crippen molar-refractivity contribution in [2.45, 2.75) is 20.4 Å². The van der Waals surface area contributed by atoms with Crippen LogP contribution in [0.4, 0.5) is 5.69 Å². The number of amides is 1. The summed E-state index contributed by atoms with van der Waals surface area (Å²) < 4.78 is 0. The molecule has 0 aliphatic carbocycles. The van der Waals surface area contributed by atoms with Crippen molar-refractivity contribution in [2.24, 2.45) is 11.6 Å². The molecule has 3 rings (SSSR count). The second-order valence-corrected chi connectivity index (χ2v) is 6.16. The Bertz CT molecular complexity index is 839. The fourth-order valence-corrected chi connectivity index (χ4v) is 3.21. The van der Waals surface area contributed by atoms with Gasteiger partial charge >= 0.3 is 0 Å². The Kier molecular flexibility index (Phi) is 4.03. The van der Waals surface area contributed by atoms with Crippen molar-refractivity contribution in [3.8, 4) is 0 Å². The van der Waals surface area contributed by atoms with Crippen molar-refractivity contribution in [3.63, 3.8) is 0 Å². The Hall–Kier alpha value is -2.79. The van der Waals surface area contributed by atoms with Crippen LogP contribution in [0.15, 0.2) is 42.5 Å². The van der Waals surface area contributed by atoms with Gasteiger partial charge < -0.3 is 15.6 Å². The molecule has 1 aliphatic heterocycles. The molecule has 0 saturated heterocycles. The minimum Gasteiger partial charge on any atom is -0.396 e. The monoisotopic (exact) mass is 322 g/mol. The Morgan fingerprint density at radius 2 is 1.88 bits per heavy atom. The van der Waals surface area contributed by atoms with Gasteiger partial charge in [0.05, 0.1) is 23.6 Å². The van der Waals surface area contributed by atoms with Crippen LogP contribution in [0.3, 0.4) is 0 Å². The minimum absolute atomic E-state index is 0.0211. The van der Waals surface area contributed by atoms with Crippen LogP contribution in [0.25, 0.3) is 11.4 Å². The topological polar surface area (TPSA) is 75.6 Å². The van der Waals surface area contributed by atoms with Crippen LogP contribution in [0.1, 0.15) is 29.2 Å². The van der Waals surface area contributed by atoms with Crippen LogP contribution in [0.2, 0.25) is 0 Å². The third-order valence-electron chi connectivity index (χ3n) is 4.32. The molecule has 2 aromatic rings. The average molecular weight is 322 g/mol. The number of benzene rings is 2. The first kappa shape index (κ1) is 16.1. The largest absolute Gasteiger partial charge is 0.396 e. The molecule has 0 unspecified atom stereocenters. The number of anilines is 1. The lowest BCUT2D eigenvalue weighted by Crippen LogP contribution is -2.33. The summed E-state index contributed by atoms with van der Waals surface area (Å²) >= 11 is 0. The predicted octanol–water partition coefficient (Wildman–Crippen LogP) is 2.45. The first-order valence-corrected chi connectivity index (χ1v) is 7.85. The zero-order valence-electron chi connectivity index (χ0n) is 14.2. The highest BCUT2D eigenvalue weighted by Crippen LogP contribution is 2.36. The fraction of sp³-hybridized carbons (Fsp3) is 0.211. The maximum atomic E-state index is 12.3. The van der Waals surface area contributed by atoms with Gasteiger partial charge in [-0.2, -0.15) is 0 Å². The smallest absolute Gasteiger partial charge is 0.224 e. The summed E-state index contributed by atoms with van der Waals surface area (Å²) in [5.74, 6) is 6.08. The number of hydrogen-bond donors (Lipinski definition) is 2. The number of carbonyl (C=O) groups is 1. The maximum absolute atomic E-state index is 12.3. The van der Waals surface area contributed by atoms with E-state index in [-0.39, 0.29) is 5.91 Å². The molecule has 0 fully saturated rings. The zero-order chi connectivity index (χ0) is 17.4. The van der Waals surface area contributed by atoms with Crippen molar-refractivity contribution >= 4 is 23.0 Å². The third kappa shape index (κ3) is 2.63. The molecule has 0 aromatic heterocycles. The predicted molar refractivity (Wildman–Crippen MR) is 97.4 cm³/mol. The summed E-state index contributed by atoms with van der Waals surface area (Å²) in [5.41, 5.74) is 12.5.